The molecule has 0 radical (unpaired) electrons. The number of Topliss-reactive ketones (excluding diaryl/α,β-unsaturated/α-hetero) is 2. The molecule has 1 aliphatic rings. The van der Waals surface area contributed by atoms with Crippen LogP contribution in [0.3, 0.4) is 0 Å². The lowest BCUT2D eigenvalue weighted by molar-refractivity contribution is -0.148. The first-order chi connectivity index (χ1) is 8.86. The van der Waals surface area contributed by atoms with Gasteiger partial charge in [-0.15, -0.1) is 0 Å². The van der Waals surface area contributed by atoms with Crippen LogP contribution in [-0.2, 0) is 19.1 Å². The molecular weight excluding hydrogens is 248 g/mol. The molecule has 0 aromatic heterocycles. The monoisotopic (exact) mass is 270 g/mol. The molecular formula is C13H22N2O4. The molecule has 0 aromatic rings. The number of hydrogen-bond acceptors (Lipinski definition) is 6. The van der Waals surface area contributed by atoms with Crippen LogP contribution in [0.15, 0.2) is 0 Å². The van der Waals surface area contributed by atoms with Crippen LogP contribution in [0.1, 0.15) is 19.8 Å². The summed E-state index contributed by atoms with van der Waals surface area (Å²) in [6.45, 7) is 3.39. The van der Waals surface area contributed by atoms with Gasteiger partial charge in [-0.05, 0) is 14.1 Å². The fraction of sp³-hybridized carbons (Fsp3) is 0.769. The lowest BCUT2D eigenvalue weighted by atomic mass is 10.1. The molecule has 0 aliphatic carbocycles. The fourth-order valence-electron chi connectivity index (χ4n) is 2.13. The highest BCUT2D eigenvalue weighted by atomic mass is 16.5. The molecule has 6 nitrogen and oxygen atoms in total. The molecule has 1 aliphatic heterocycles. The largest absolute Gasteiger partial charge is 0.462 e. The van der Waals surface area contributed by atoms with E-state index >= 15 is 0 Å². The van der Waals surface area contributed by atoms with Crippen molar-refractivity contribution in [1.82, 2.24) is 9.80 Å². The summed E-state index contributed by atoms with van der Waals surface area (Å²) in [7, 11) is 3.73. The number of esters is 1. The van der Waals surface area contributed by atoms with Gasteiger partial charge >= 0.3 is 5.97 Å². The summed E-state index contributed by atoms with van der Waals surface area (Å²) < 4.78 is 5.06. The number of likely N-dealkylation sites (N-methyl/N-ethyl adjacent to an activating group) is 2. The molecule has 1 fully saturated rings. The molecule has 0 amide bonds. The van der Waals surface area contributed by atoms with E-state index in [0.717, 1.165) is 13.1 Å². The topological polar surface area (TPSA) is 66.9 Å². The molecule has 19 heavy (non-hydrogen) atoms. The standard InChI is InChI=1S/C13H22N2O4/c1-10(16)19-13-6-11(17)8-14(2)4-5-15(3)9-12(18)7-13/h13H,4-9H2,1-3H3. The zero-order chi connectivity index (χ0) is 14.4. The molecule has 6 heteroatoms. The molecule has 1 saturated heterocycles. The van der Waals surface area contributed by atoms with E-state index in [1.165, 1.54) is 6.92 Å². The third kappa shape index (κ3) is 6.45. The highest BCUT2D eigenvalue weighted by Crippen LogP contribution is 2.09. The van der Waals surface area contributed by atoms with E-state index in [9.17, 15) is 14.4 Å². The molecule has 0 unspecified atom stereocenters. The Bertz CT molecular complexity index is 331. The maximum Gasteiger partial charge on any atom is 0.302 e. The van der Waals surface area contributed by atoms with Crippen LogP contribution in [-0.4, -0.2) is 73.7 Å². The van der Waals surface area contributed by atoms with Crippen molar-refractivity contribution in [2.45, 2.75) is 25.9 Å². The van der Waals surface area contributed by atoms with Crippen LogP contribution in [0.4, 0.5) is 0 Å². The Hall–Kier alpha value is -1.27. The van der Waals surface area contributed by atoms with Gasteiger partial charge in [-0.1, -0.05) is 0 Å². The average molecular weight is 270 g/mol. The second-order valence-corrected chi connectivity index (χ2v) is 5.19. The number of ketones is 2. The van der Waals surface area contributed by atoms with E-state index in [1.54, 1.807) is 0 Å². The first-order valence-corrected chi connectivity index (χ1v) is 6.44. The number of rotatable bonds is 1. The van der Waals surface area contributed by atoms with Crippen molar-refractivity contribution in [1.29, 1.82) is 0 Å². The third-order valence-corrected chi connectivity index (χ3v) is 3.00. The van der Waals surface area contributed by atoms with Crippen molar-refractivity contribution in [3.63, 3.8) is 0 Å². The van der Waals surface area contributed by atoms with Crippen molar-refractivity contribution < 1.29 is 19.1 Å². The number of ether oxygens (including phenoxy) is 1. The van der Waals surface area contributed by atoms with E-state index in [1.807, 2.05) is 23.9 Å². The molecule has 108 valence electrons. The van der Waals surface area contributed by atoms with E-state index in [4.69, 9.17) is 4.74 Å². The first kappa shape index (κ1) is 15.8. The summed E-state index contributed by atoms with van der Waals surface area (Å²) in [5, 5.41) is 0. The second kappa shape index (κ2) is 7.35. The lowest BCUT2D eigenvalue weighted by Crippen LogP contribution is -2.35. The molecule has 0 atom stereocenters. The van der Waals surface area contributed by atoms with E-state index < -0.39 is 12.1 Å². The lowest BCUT2D eigenvalue weighted by Gasteiger charge is -2.19. The van der Waals surface area contributed by atoms with Gasteiger partial charge in [-0.25, -0.2) is 0 Å². The van der Waals surface area contributed by atoms with Gasteiger partial charge in [-0.3, -0.25) is 24.2 Å². The van der Waals surface area contributed by atoms with E-state index in [2.05, 4.69) is 0 Å². The minimum Gasteiger partial charge on any atom is -0.462 e. The van der Waals surface area contributed by atoms with Crippen molar-refractivity contribution in [3.8, 4) is 0 Å². The van der Waals surface area contributed by atoms with Crippen LogP contribution in [0, 0.1) is 0 Å². The Labute approximate surface area is 113 Å². The van der Waals surface area contributed by atoms with Crippen molar-refractivity contribution in [2.24, 2.45) is 0 Å². The third-order valence-electron chi connectivity index (χ3n) is 3.00. The van der Waals surface area contributed by atoms with E-state index in [-0.39, 0.29) is 24.4 Å². The maximum atomic E-state index is 11.8. The zero-order valence-electron chi connectivity index (χ0n) is 11.8. The van der Waals surface area contributed by atoms with Crippen LogP contribution in [0.5, 0.6) is 0 Å². The Morgan fingerprint density at radius 2 is 1.47 bits per heavy atom. The summed E-state index contributed by atoms with van der Waals surface area (Å²) in [5.41, 5.74) is 0. The van der Waals surface area contributed by atoms with Crippen molar-refractivity contribution >= 4 is 17.5 Å². The molecule has 0 aromatic carbocycles. The van der Waals surface area contributed by atoms with Gasteiger partial charge < -0.3 is 4.74 Å². The highest BCUT2D eigenvalue weighted by molar-refractivity contribution is 5.84. The molecule has 0 bridgehead atoms. The summed E-state index contributed by atoms with van der Waals surface area (Å²) in [5.74, 6) is -0.473. The van der Waals surface area contributed by atoms with E-state index in [0.29, 0.717) is 13.1 Å². The number of nitrogens with zero attached hydrogens (tertiary/aromatic N) is 2. The Balaban J connectivity index is 2.73. The number of carbonyl (C=O) groups excluding carboxylic acids is 3. The number of carbonyl (C=O) groups is 3. The molecule has 1 rings (SSSR count). The highest BCUT2D eigenvalue weighted by Gasteiger charge is 2.23. The number of hydrogen-bond donors (Lipinski definition) is 0. The molecule has 0 N–H and O–H groups in total. The zero-order valence-corrected chi connectivity index (χ0v) is 11.8. The average Bonchev–Trinajstić information content (AvgIpc) is 2.25. The maximum absolute atomic E-state index is 11.8. The quantitative estimate of drug-likeness (QED) is 0.610. The fourth-order valence-corrected chi connectivity index (χ4v) is 2.13. The smallest absolute Gasteiger partial charge is 0.302 e. The summed E-state index contributed by atoms with van der Waals surface area (Å²) in [6, 6.07) is 0. The first-order valence-electron chi connectivity index (χ1n) is 6.44. The molecule has 0 spiro atoms. The predicted octanol–water partition coefficient (Wildman–Crippen LogP) is -0.286. The van der Waals surface area contributed by atoms with Crippen LogP contribution >= 0.6 is 0 Å². The molecule has 1 heterocycles. The van der Waals surface area contributed by atoms with Gasteiger partial charge in [0.05, 0.1) is 13.1 Å². The van der Waals surface area contributed by atoms with Crippen molar-refractivity contribution in [3.05, 3.63) is 0 Å². The SMILES string of the molecule is CC(=O)OC1CC(=O)CN(C)CCN(C)CC(=O)C1. The summed E-state index contributed by atoms with van der Waals surface area (Å²) >= 11 is 0. The van der Waals surface area contributed by atoms with Gasteiger partial charge in [-0.2, -0.15) is 0 Å². The van der Waals surface area contributed by atoms with Crippen LogP contribution in [0.2, 0.25) is 0 Å². The summed E-state index contributed by atoms with van der Waals surface area (Å²) in [4.78, 5) is 38.5. The predicted molar refractivity (Wildman–Crippen MR) is 69.8 cm³/mol. The van der Waals surface area contributed by atoms with Gasteiger partial charge in [0.2, 0.25) is 0 Å². The molecule has 0 saturated carbocycles. The van der Waals surface area contributed by atoms with Gasteiger partial charge in [0.25, 0.3) is 0 Å². The second-order valence-electron chi connectivity index (χ2n) is 5.19. The Morgan fingerprint density at radius 3 is 1.84 bits per heavy atom. The minimum absolute atomic E-state index is 0.00824. The summed E-state index contributed by atoms with van der Waals surface area (Å²) in [6.07, 6.45) is -0.406. The minimum atomic E-state index is -0.627. The Kier molecular flexibility index (Phi) is 6.11. The van der Waals surface area contributed by atoms with Crippen LogP contribution < -0.4 is 0 Å². The van der Waals surface area contributed by atoms with Gasteiger partial charge in [0, 0.05) is 32.9 Å². The van der Waals surface area contributed by atoms with Crippen molar-refractivity contribution in [2.75, 3.05) is 40.3 Å². The van der Waals surface area contributed by atoms with Gasteiger partial charge in [0.1, 0.15) is 6.10 Å². The van der Waals surface area contributed by atoms with Crippen LogP contribution in [0.25, 0.3) is 0 Å². The Morgan fingerprint density at radius 1 is 1.05 bits per heavy atom. The van der Waals surface area contributed by atoms with Gasteiger partial charge in [0.15, 0.2) is 11.6 Å². The normalized spacial score (nSPS) is 22.1.